The molecule has 1 nitrogen and oxygen atoms in total. The van der Waals surface area contributed by atoms with Gasteiger partial charge in [0.15, 0.2) is 0 Å². The molecular formula is C16H17Br2NS. The highest BCUT2D eigenvalue weighted by atomic mass is 79.9. The zero-order valence-electron chi connectivity index (χ0n) is 11.5. The Bertz CT molecular complexity index is 569. The van der Waals surface area contributed by atoms with Crippen molar-refractivity contribution in [2.75, 3.05) is 6.54 Å². The molecule has 0 saturated heterocycles. The first-order valence-electron chi connectivity index (χ1n) is 6.56. The Morgan fingerprint density at radius 3 is 2.30 bits per heavy atom. The van der Waals surface area contributed by atoms with Crippen LogP contribution in [0.1, 0.15) is 25.5 Å². The Labute approximate surface area is 141 Å². The van der Waals surface area contributed by atoms with Gasteiger partial charge < -0.3 is 5.32 Å². The maximum Gasteiger partial charge on any atom is 0.0302 e. The van der Waals surface area contributed by atoms with Crippen LogP contribution in [-0.4, -0.2) is 6.54 Å². The summed E-state index contributed by atoms with van der Waals surface area (Å²) in [5.74, 6) is 0. The van der Waals surface area contributed by atoms with E-state index in [-0.39, 0.29) is 0 Å². The van der Waals surface area contributed by atoms with E-state index < -0.39 is 0 Å². The Balaban J connectivity index is 2.14. The smallest absolute Gasteiger partial charge is 0.0302 e. The lowest BCUT2D eigenvalue weighted by Gasteiger charge is -2.15. The van der Waals surface area contributed by atoms with Crippen molar-refractivity contribution in [3.8, 4) is 0 Å². The van der Waals surface area contributed by atoms with Crippen LogP contribution in [0.25, 0.3) is 0 Å². The van der Waals surface area contributed by atoms with Crippen molar-refractivity contribution in [3.63, 3.8) is 0 Å². The van der Waals surface area contributed by atoms with Gasteiger partial charge in [0.05, 0.1) is 0 Å². The van der Waals surface area contributed by atoms with E-state index in [9.17, 15) is 0 Å². The fourth-order valence-electron chi connectivity index (χ4n) is 1.98. The van der Waals surface area contributed by atoms with E-state index in [0.717, 1.165) is 15.5 Å². The summed E-state index contributed by atoms with van der Waals surface area (Å²) in [7, 11) is 0. The number of hydrogen-bond donors (Lipinski definition) is 1. The zero-order valence-corrected chi connectivity index (χ0v) is 15.5. The summed E-state index contributed by atoms with van der Waals surface area (Å²) in [5.41, 5.74) is 1.30. The van der Waals surface area contributed by atoms with E-state index in [4.69, 9.17) is 0 Å². The van der Waals surface area contributed by atoms with Gasteiger partial charge in [-0.2, -0.15) is 0 Å². The fraction of sp³-hybridized carbons (Fsp3) is 0.250. The van der Waals surface area contributed by atoms with Crippen molar-refractivity contribution in [2.45, 2.75) is 29.7 Å². The zero-order chi connectivity index (χ0) is 14.5. The first kappa shape index (κ1) is 16.1. The minimum absolute atomic E-state index is 0.362. The maximum atomic E-state index is 3.68. The molecule has 0 aromatic heterocycles. The third kappa shape index (κ3) is 4.35. The summed E-state index contributed by atoms with van der Waals surface area (Å²) in [6, 6.07) is 15.3. The summed E-state index contributed by atoms with van der Waals surface area (Å²) in [4.78, 5) is 2.49. The quantitative estimate of drug-likeness (QED) is 0.640. The third-order valence-electron chi connectivity index (χ3n) is 3.00. The summed E-state index contributed by atoms with van der Waals surface area (Å²) in [6.07, 6.45) is 0. The monoisotopic (exact) mass is 413 g/mol. The second-order valence-corrected chi connectivity index (χ2v) is 7.44. The van der Waals surface area contributed by atoms with Crippen molar-refractivity contribution < 1.29 is 0 Å². The SMILES string of the molecule is CCNC(C)c1ccc(Sc2ccc(Br)cc2)cc1Br. The van der Waals surface area contributed by atoms with Crippen LogP contribution >= 0.6 is 43.6 Å². The Hall–Kier alpha value is -0.290. The molecule has 0 spiro atoms. The molecule has 2 aromatic rings. The highest BCUT2D eigenvalue weighted by molar-refractivity contribution is 9.10. The van der Waals surface area contributed by atoms with E-state index in [1.54, 1.807) is 11.8 Å². The van der Waals surface area contributed by atoms with Crippen LogP contribution in [0, 0.1) is 0 Å². The van der Waals surface area contributed by atoms with Crippen LogP contribution < -0.4 is 5.32 Å². The predicted molar refractivity (Wildman–Crippen MR) is 94.5 cm³/mol. The van der Waals surface area contributed by atoms with Crippen molar-refractivity contribution in [1.82, 2.24) is 5.32 Å². The lowest BCUT2D eigenvalue weighted by atomic mass is 10.1. The molecule has 0 saturated carbocycles. The number of rotatable bonds is 5. The molecule has 2 aromatic carbocycles. The molecule has 0 aliphatic heterocycles. The molecule has 106 valence electrons. The first-order chi connectivity index (χ1) is 9.60. The standard InChI is InChI=1S/C16H17Br2NS/c1-3-19-11(2)15-9-8-14(10-16(15)18)20-13-6-4-12(17)5-7-13/h4-11,19H,3H2,1-2H3. The maximum absolute atomic E-state index is 3.68. The highest BCUT2D eigenvalue weighted by Gasteiger charge is 2.09. The van der Waals surface area contributed by atoms with Crippen LogP contribution in [0.4, 0.5) is 0 Å². The van der Waals surface area contributed by atoms with Gasteiger partial charge in [0.1, 0.15) is 0 Å². The summed E-state index contributed by atoms with van der Waals surface area (Å²) < 4.78 is 2.27. The lowest BCUT2D eigenvalue weighted by molar-refractivity contribution is 0.595. The fourth-order valence-corrected chi connectivity index (χ4v) is 3.97. The van der Waals surface area contributed by atoms with Gasteiger partial charge in [0, 0.05) is 24.8 Å². The van der Waals surface area contributed by atoms with Gasteiger partial charge in [0.25, 0.3) is 0 Å². The second kappa shape index (κ2) is 7.64. The third-order valence-corrected chi connectivity index (χ3v) is 5.21. The van der Waals surface area contributed by atoms with Crippen LogP contribution in [-0.2, 0) is 0 Å². The molecule has 20 heavy (non-hydrogen) atoms. The molecule has 0 fully saturated rings. The average molecular weight is 415 g/mol. The highest BCUT2D eigenvalue weighted by Crippen LogP contribution is 2.33. The summed E-state index contributed by atoms with van der Waals surface area (Å²) >= 11 is 8.91. The molecule has 1 N–H and O–H groups in total. The molecule has 0 bridgehead atoms. The molecule has 0 heterocycles. The molecule has 4 heteroatoms. The van der Waals surface area contributed by atoms with Crippen molar-refractivity contribution in [3.05, 3.63) is 57.0 Å². The summed E-state index contributed by atoms with van der Waals surface area (Å²) in [5, 5.41) is 3.44. The van der Waals surface area contributed by atoms with E-state index >= 15 is 0 Å². The molecule has 0 aliphatic carbocycles. The van der Waals surface area contributed by atoms with E-state index in [0.29, 0.717) is 6.04 Å². The molecule has 1 atom stereocenters. The van der Waals surface area contributed by atoms with Gasteiger partial charge in [-0.1, -0.05) is 56.6 Å². The number of benzene rings is 2. The van der Waals surface area contributed by atoms with Gasteiger partial charge in [-0.15, -0.1) is 0 Å². The Morgan fingerprint density at radius 1 is 1.05 bits per heavy atom. The van der Waals surface area contributed by atoms with E-state index in [1.165, 1.54) is 15.4 Å². The molecule has 0 radical (unpaired) electrons. The van der Waals surface area contributed by atoms with E-state index in [1.807, 2.05) is 0 Å². The van der Waals surface area contributed by atoms with Crippen molar-refractivity contribution in [2.24, 2.45) is 0 Å². The molecule has 0 amide bonds. The Morgan fingerprint density at radius 2 is 1.70 bits per heavy atom. The molecular weight excluding hydrogens is 398 g/mol. The van der Waals surface area contributed by atoms with Crippen LogP contribution in [0.2, 0.25) is 0 Å². The van der Waals surface area contributed by atoms with Crippen LogP contribution in [0.15, 0.2) is 61.2 Å². The van der Waals surface area contributed by atoms with Gasteiger partial charge >= 0.3 is 0 Å². The van der Waals surface area contributed by atoms with Gasteiger partial charge in [-0.05, 0) is 55.4 Å². The van der Waals surface area contributed by atoms with Gasteiger partial charge in [-0.3, -0.25) is 0 Å². The topological polar surface area (TPSA) is 12.0 Å². The Kier molecular flexibility index (Phi) is 6.15. The van der Waals surface area contributed by atoms with Crippen molar-refractivity contribution in [1.29, 1.82) is 0 Å². The normalized spacial score (nSPS) is 12.4. The van der Waals surface area contributed by atoms with Crippen LogP contribution in [0.5, 0.6) is 0 Å². The summed E-state index contributed by atoms with van der Waals surface area (Å²) in [6.45, 7) is 5.29. The largest absolute Gasteiger partial charge is 0.310 e. The molecule has 2 rings (SSSR count). The first-order valence-corrected chi connectivity index (χ1v) is 8.96. The minimum Gasteiger partial charge on any atom is -0.310 e. The number of hydrogen-bond acceptors (Lipinski definition) is 2. The van der Waals surface area contributed by atoms with E-state index in [2.05, 4.69) is 93.5 Å². The number of nitrogens with one attached hydrogen (secondary N) is 1. The van der Waals surface area contributed by atoms with Gasteiger partial charge in [-0.25, -0.2) is 0 Å². The molecule has 0 aliphatic rings. The van der Waals surface area contributed by atoms with Crippen LogP contribution in [0.3, 0.4) is 0 Å². The molecule has 1 unspecified atom stereocenters. The predicted octanol–water partition coefficient (Wildman–Crippen LogP) is 6.03. The number of halogens is 2. The van der Waals surface area contributed by atoms with Crippen molar-refractivity contribution >= 4 is 43.6 Å². The lowest BCUT2D eigenvalue weighted by Crippen LogP contribution is -2.17. The average Bonchev–Trinajstić information content (AvgIpc) is 2.42. The minimum atomic E-state index is 0.362. The second-order valence-electron chi connectivity index (χ2n) is 4.52. The van der Waals surface area contributed by atoms with Gasteiger partial charge in [0.2, 0.25) is 0 Å².